The Hall–Kier alpha value is -0.673. The van der Waals surface area contributed by atoms with Gasteiger partial charge in [-0.15, -0.1) is 6.58 Å². The van der Waals surface area contributed by atoms with Crippen molar-refractivity contribution in [3.05, 3.63) is 43.0 Å². The number of hydrogen-bond donors (Lipinski definition) is 0. The van der Waals surface area contributed by atoms with Gasteiger partial charge in [-0.25, -0.2) is 0 Å². The largest absolute Gasteiger partial charge is 0.305 e. The predicted octanol–water partition coefficient (Wildman–Crippen LogP) is 5.00. The molecule has 0 aliphatic heterocycles. The zero-order valence-electron chi connectivity index (χ0n) is 13.3. The summed E-state index contributed by atoms with van der Waals surface area (Å²) in [6.45, 7) is 8.08. The molecule has 0 bridgehead atoms. The molecule has 0 saturated carbocycles. The first-order valence-corrected chi connectivity index (χ1v) is 11.7. The Balaban J connectivity index is 2.38. The van der Waals surface area contributed by atoms with Crippen LogP contribution in [0.1, 0.15) is 38.5 Å². The van der Waals surface area contributed by atoms with E-state index in [2.05, 4.69) is 47.7 Å². The van der Waals surface area contributed by atoms with Crippen molar-refractivity contribution in [3.8, 4) is 0 Å². The Morgan fingerprint density at radius 3 is 2.48 bits per heavy atom. The Bertz CT molecular complexity index is 442. The van der Waals surface area contributed by atoms with Gasteiger partial charge in [0.2, 0.25) is 0 Å². The highest BCUT2D eigenvalue weighted by molar-refractivity contribution is 9.09. The predicted molar refractivity (Wildman–Crippen MR) is 99.2 cm³/mol. The van der Waals surface area contributed by atoms with E-state index in [1.54, 1.807) is 0 Å². The molecule has 0 N–H and O–H groups in total. The summed E-state index contributed by atoms with van der Waals surface area (Å²) in [4.78, 5) is 13.1. The first-order chi connectivity index (χ1) is 9.98. The Morgan fingerprint density at radius 2 is 1.86 bits per heavy atom. The lowest BCUT2D eigenvalue weighted by Gasteiger charge is -2.21. The molecule has 0 spiro atoms. The van der Waals surface area contributed by atoms with Crippen molar-refractivity contribution in [2.75, 3.05) is 0 Å². The molecule has 0 aliphatic carbocycles. The maximum absolute atomic E-state index is 12.5. The van der Waals surface area contributed by atoms with E-state index in [1.165, 1.54) is 18.0 Å². The minimum Gasteiger partial charge on any atom is -0.305 e. The van der Waals surface area contributed by atoms with Crippen LogP contribution in [0.2, 0.25) is 13.1 Å². The minimum atomic E-state index is -1.95. The second-order valence-corrected chi connectivity index (χ2v) is 11.8. The van der Waals surface area contributed by atoms with Crippen LogP contribution in [0.25, 0.3) is 0 Å². The fraction of sp³-hybridized carbons (Fsp3) is 0.500. The Kier molecular flexibility index (Phi) is 8.20. The molecule has 0 saturated heterocycles. The van der Waals surface area contributed by atoms with Gasteiger partial charge in [-0.05, 0) is 32.1 Å². The van der Waals surface area contributed by atoms with Crippen LogP contribution in [0.3, 0.4) is 0 Å². The van der Waals surface area contributed by atoms with Crippen LogP contribution >= 0.6 is 15.9 Å². The van der Waals surface area contributed by atoms with Crippen LogP contribution in [0.5, 0.6) is 0 Å². The summed E-state index contributed by atoms with van der Waals surface area (Å²) >= 11 is 3.72. The second-order valence-electron chi connectivity index (χ2n) is 6.12. The fourth-order valence-electron chi connectivity index (χ4n) is 2.44. The van der Waals surface area contributed by atoms with Crippen molar-refractivity contribution in [2.45, 2.75) is 56.4 Å². The molecule has 0 radical (unpaired) electrons. The lowest BCUT2D eigenvalue weighted by molar-refractivity contribution is -0.112. The molecule has 1 unspecified atom stereocenters. The maximum atomic E-state index is 12.5. The van der Waals surface area contributed by atoms with Gasteiger partial charge in [0.25, 0.3) is 0 Å². The molecule has 3 heteroatoms. The number of hydrogen-bond acceptors (Lipinski definition) is 1. The number of benzene rings is 1. The maximum Gasteiger partial charge on any atom is 0.157 e. The number of unbranched alkanes of at least 4 members (excludes halogenated alkanes) is 1. The van der Waals surface area contributed by atoms with Gasteiger partial charge in [-0.3, -0.25) is 0 Å². The third-order valence-corrected chi connectivity index (χ3v) is 8.38. The molecule has 0 heterocycles. The van der Waals surface area contributed by atoms with Crippen molar-refractivity contribution in [1.29, 1.82) is 0 Å². The summed E-state index contributed by atoms with van der Waals surface area (Å²) in [6.07, 6.45) is 8.19. The SMILES string of the molecule is C=CCCCC(Br)CCCC(=O)[Si](C)(C)c1ccccc1. The van der Waals surface area contributed by atoms with E-state index >= 15 is 0 Å². The van der Waals surface area contributed by atoms with Crippen LogP contribution < -0.4 is 5.19 Å². The van der Waals surface area contributed by atoms with Crippen molar-refractivity contribution in [3.63, 3.8) is 0 Å². The molecule has 0 fully saturated rings. The first kappa shape index (κ1) is 18.4. The smallest absolute Gasteiger partial charge is 0.157 e. The van der Waals surface area contributed by atoms with E-state index in [-0.39, 0.29) is 0 Å². The summed E-state index contributed by atoms with van der Waals surface area (Å²) in [5.41, 5.74) is 0. The molecule has 0 aromatic heterocycles. The van der Waals surface area contributed by atoms with Gasteiger partial charge in [0.05, 0.1) is 0 Å². The molecule has 1 nitrogen and oxygen atoms in total. The molecule has 1 atom stereocenters. The van der Waals surface area contributed by atoms with Gasteiger partial charge >= 0.3 is 0 Å². The number of carbonyl (C=O) groups is 1. The van der Waals surface area contributed by atoms with E-state index in [9.17, 15) is 4.79 Å². The van der Waals surface area contributed by atoms with Crippen molar-refractivity contribution < 1.29 is 4.79 Å². The minimum absolute atomic E-state index is 0.472. The van der Waals surface area contributed by atoms with Gasteiger partial charge in [-0.1, -0.05) is 70.6 Å². The zero-order chi connectivity index (χ0) is 15.7. The van der Waals surface area contributed by atoms with Crippen molar-refractivity contribution in [1.82, 2.24) is 0 Å². The van der Waals surface area contributed by atoms with Crippen LogP contribution in [0.15, 0.2) is 43.0 Å². The van der Waals surface area contributed by atoms with E-state index in [4.69, 9.17) is 0 Å². The summed E-state index contributed by atoms with van der Waals surface area (Å²) in [6, 6.07) is 10.3. The van der Waals surface area contributed by atoms with Crippen LogP contribution in [-0.4, -0.2) is 18.3 Å². The lowest BCUT2D eigenvalue weighted by atomic mass is 10.1. The molecule has 21 heavy (non-hydrogen) atoms. The van der Waals surface area contributed by atoms with E-state index in [0.29, 0.717) is 10.2 Å². The highest BCUT2D eigenvalue weighted by Gasteiger charge is 2.31. The third-order valence-electron chi connectivity index (χ3n) is 4.04. The second kappa shape index (κ2) is 9.37. The summed E-state index contributed by atoms with van der Waals surface area (Å²) < 4.78 is 0. The van der Waals surface area contributed by atoms with Gasteiger partial charge in [0.15, 0.2) is 8.07 Å². The molecule has 0 aliphatic rings. The van der Waals surface area contributed by atoms with Crippen LogP contribution in [0.4, 0.5) is 0 Å². The number of carbonyl (C=O) groups excluding carboxylic acids is 1. The van der Waals surface area contributed by atoms with Gasteiger partial charge in [-0.2, -0.15) is 0 Å². The quantitative estimate of drug-likeness (QED) is 0.246. The van der Waals surface area contributed by atoms with Crippen molar-refractivity contribution in [2.24, 2.45) is 0 Å². The van der Waals surface area contributed by atoms with Gasteiger partial charge in [0.1, 0.15) is 5.41 Å². The summed E-state index contributed by atoms with van der Waals surface area (Å²) in [5.74, 6) is 0. The zero-order valence-corrected chi connectivity index (χ0v) is 15.9. The first-order valence-electron chi connectivity index (χ1n) is 7.82. The standard InChI is InChI=1S/C18H27BrOSi/c1-4-5-7-11-16(19)12-10-15-18(20)21(2,3)17-13-8-6-9-14-17/h4,6,8-9,13-14,16H,1,5,7,10-12,15H2,2-3H3. The number of rotatable bonds is 10. The molecular formula is C18H27BrOSi. The summed E-state index contributed by atoms with van der Waals surface area (Å²) in [5, 5.41) is 1.72. The van der Waals surface area contributed by atoms with Gasteiger partial charge < -0.3 is 4.79 Å². The van der Waals surface area contributed by atoms with E-state index < -0.39 is 8.07 Å². The van der Waals surface area contributed by atoms with E-state index in [0.717, 1.165) is 25.7 Å². The highest BCUT2D eigenvalue weighted by Crippen LogP contribution is 2.18. The lowest BCUT2D eigenvalue weighted by Crippen LogP contribution is -2.49. The molecule has 0 amide bonds. The van der Waals surface area contributed by atoms with Crippen molar-refractivity contribution >= 4 is 34.6 Å². The monoisotopic (exact) mass is 366 g/mol. The number of allylic oxidation sites excluding steroid dienone is 1. The molecule has 116 valence electrons. The van der Waals surface area contributed by atoms with E-state index in [1.807, 2.05) is 24.3 Å². The Morgan fingerprint density at radius 1 is 1.24 bits per heavy atom. The fourth-order valence-corrected chi connectivity index (χ4v) is 5.24. The third kappa shape index (κ3) is 6.31. The Labute approximate surface area is 139 Å². The van der Waals surface area contributed by atoms with Crippen LogP contribution in [0, 0.1) is 0 Å². The van der Waals surface area contributed by atoms with Gasteiger partial charge in [0, 0.05) is 11.2 Å². The topological polar surface area (TPSA) is 17.1 Å². The molecule has 1 rings (SSSR count). The number of alkyl halides is 1. The molecule has 1 aromatic rings. The normalized spacial score (nSPS) is 12.9. The average molecular weight is 367 g/mol. The number of halogens is 1. The highest BCUT2D eigenvalue weighted by atomic mass is 79.9. The average Bonchev–Trinajstić information content (AvgIpc) is 2.48. The summed E-state index contributed by atoms with van der Waals surface area (Å²) in [7, 11) is -1.95. The molecular weight excluding hydrogens is 340 g/mol. The molecule has 1 aromatic carbocycles. The van der Waals surface area contributed by atoms with Crippen LogP contribution in [-0.2, 0) is 4.79 Å².